The lowest BCUT2D eigenvalue weighted by Crippen LogP contribution is -2.15. The smallest absolute Gasteiger partial charge is 0.0711 e. The maximum Gasteiger partial charge on any atom is 0.0711 e. The van der Waals surface area contributed by atoms with Crippen LogP contribution in [0.25, 0.3) is 21.7 Å². The first-order valence-corrected chi connectivity index (χ1v) is 7.28. The summed E-state index contributed by atoms with van der Waals surface area (Å²) in [5.74, 6) is 0.526. The Morgan fingerprint density at radius 3 is 2.25 bits per heavy atom. The van der Waals surface area contributed by atoms with E-state index in [1.807, 2.05) is 0 Å². The second-order valence-electron chi connectivity index (χ2n) is 5.45. The number of aromatic nitrogens is 1. The summed E-state index contributed by atoms with van der Waals surface area (Å²) in [6.45, 7) is 1.71. The molecule has 0 atom stereocenters. The van der Waals surface area contributed by atoms with Crippen molar-refractivity contribution in [2.75, 3.05) is 13.2 Å². The molecule has 4 rings (SSSR count). The van der Waals surface area contributed by atoms with E-state index in [0.717, 1.165) is 31.6 Å². The van der Waals surface area contributed by atoms with Gasteiger partial charge in [0.15, 0.2) is 0 Å². The van der Waals surface area contributed by atoms with Crippen LogP contribution in [0.5, 0.6) is 0 Å². The van der Waals surface area contributed by atoms with Crippen LogP contribution in [-0.4, -0.2) is 18.2 Å². The molecule has 0 spiro atoms. The number of benzene rings is 2. The Kier molecular flexibility index (Phi) is 2.89. The predicted octanol–water partition coefficient (Wildman–Crippen LogP) is 4.28. The zero-order valence-electron chi connectivity index (χ0n) is 11.4. The molecule has 0 aliphatic carbocycles. The molecule has 2 nitrogen and oxygen atoms in total. The van der Waals surface area contributed by atoms with Crippen molar-refractivity contribution in [1.82, 2.24) is 4.98 Å². The van der Waals surface area contributed by atoms with E-state index in [9.17, 15) is 0 Å². The summed E-state index contributed by atoms with van der Waals surface area (Å²) < 4.78 is 5.49. The standard InChI is InChI=1S/C18H17NO/c1-2-7-16-14(5-1)15-6-3-4-8-17(15)19-18(16)13-9-11-20-12-10-13/h1-8,13H,9-12H2. The second-order valence-corrected chi connectivity index (χ2v) is 5.45. The van der Waals surface area contributed by atoms with Crippen molar-refractivity contribution in [3.63, 3.8) is 0 Å². The lowest BCUT2D eigenvalue weighted by molar-refractivity contribution is 0.0849. The molecule has 1 aromatic heterocycles. The highest BCUT2D eigenvalue weighted by molar-refractivity contribution is 6.06. The zero-order valence-corrected chi connectivity index (χ0v) is 11.4. The maximum atomic E-state index is 5.49. The molecule has 0 radical (unpaired) electrons. The van der Waals surface area contributed by atoms with Gasteiger partial charge in [0.25, 0.3) is 0 Å². The van der Waals surface area contributed by atoms with Crippen LogP contribution in [0.4, 0.5) is 0 Å². The number of hydrogen-bond acceptors (Lipinski definition) is 2. The van der Waals surface area contributed by atoms with Crippen molar-refractivity contribution < 1.29 is 4.74 Å². The van der Waals surface area contributed by atoms with Gasteiger partial charge in [-0.1, -0.05) is 42.5 Å². The third kappa shape index (κ3) is 1.88. The van der Waals surface area contributed by atoms with Crippen LogP contribution in [0.3, 0.4) is 0 Å². The number of para-hydroxylation sites is 1. The van der Waals surface area contributed by atoms with Crippen LogP contribution in [0.2, 0.25) is 0 Å². The second kappa shape index (κ2) is 4.88. The Labute approximate surface area is 118 Å². The Morgan fingerprint density at radius 2 is 1.45 bits per heavy atom. The summed E-state index contributed by atoms with van der Waals surface area (Å²) >= 11 is 0. The van der Waals surface area contributed by atoms with Gasteiger partial charge < -0.3 is 4.74 Å². The summed E-state index contributed by atoms with van der Waals surface area (Å²) in [6.07, 6.45) is 2.16. The Morgan fingerprint density at radius 1 is 0.800 bits per heavy atom. The molecule has 0 bridgehead atoms. The first kappa shape index (κ1) is 11.9. The van der Waals surface area contributed by atoms with E-state index in [4.69, 9.17) is 9.72 Å². The van der Waals surface area contributed by atoms with Gasteiger partial charge in [-0.15, -0.1) is 0 Å². The minimum Gasteiger partial charge on any atom is -0.381 e. The molecule has 0 saturated carbocycles. The van der Waals surface area contributed by atoms with Crippen LogP contribution >= 0.6 is 0 Å². The topological polar surface area (TPSA) is 22.1 Å². The van der Waals surface area contributed by atoms with E-state index in [1.54, 1.807) is 0 Å². The monoisotopic (exact) mass is 263 g/mol. The first-order valence-electron chi connectivity index (χ1n) is 7.28. The van der Waals surface area contributed by atoms with Gasteiger partial charge in [0.2, 0.25) is 0 Å². The van der Waals surface area contributed by atoms with Crippen LogP contribution < -0.4 is 0 Å². The number of rotatable bonds is 1. The van der Waals surface area contributed by atoms with Crippen LogP contribution in [0, 0.1) is 0 Å². The summed E-state index contributed by atoms with van der Waals surface area (Å²) in [5, 5.41) is 3.87. The summed E-state index contributed by atoms with van der Waals surface area (Å²) in [5.41, 5.74) is 2.36. The van der Waals surface area contributed by atoms with Crippen molar-refractivity contribution in [2.24, 2.45) is 0 Å². The number of hydrogen-bond donors (Lipinski definition) is 0. The number of ether oxygens (including phenoxy) is 1. The number of pyridine rings is 1. The van der Waals surface area contributed by atoms with Gasteiger partial charge in [0.05, 0.1) is 11.2 Å². The van der Waals surface area contributed by atoms with Gasteiger partial charge in [-0.3, -0.25) is 4.98 Å². The molecule has 3 aromatic rings. The predicted molar refractivity (Wildman–Crippen MR) is 82.0 cm³/mol. The summed E-state index contributed by atoms with van der Waals surface area (Å²) in [6, 6.07) is 17.1. The number of fused-ring (bicyclic) bond motifs is 3. The molecule has 2 heteroatoms. The molecular formula is C18H17NO. The molecule has 2 heterocycles. The highest BCUT2D eigenvalue weighted by atomic mass is 16.5. The van der Waals surface area contributed by atoms with Crippen molar-refractivity contribution in [1.29, 1.82) is 0 Å². The SMILES string of the molecule is c1ccc2c(c1)nc(C1CCOCC1)c1ccccc12. The third-order valence-electron chi connectivity index (χ3n) is 4.25. The van der Waals surface area contributed by atoms with Crippen molar-refractivity contribution in [3.05, 3.63) is 54.2 Å². The molecule has 2 aromatic carbocycles. The largest absolute Gasteiger partial charge is 0.381 e. The Balaban J connectivity index is 2.02. The minimum absolute atomic E-state index is 0.526. The van der Waals surface area contributed by atoms with Gasteiger partial charge in [-0.05, 0) is 24.3 Å². The molecule has 1 saturated heterocycles. The quantitative estimate of drug-likeness (QED) is 0.611. The molecule has 1 aliphatic rings. The fourth-order valence-corrected chi connectivity index (χ4v) is 3.21. The van der Waals surface area contributed by atoms with Crippen LogP contribution in [0.15, 0.2) is 48.5 Å². The van der Waals surface area contributed by atoms with E-state index >= 15 is 0 Å². The molecule has 0 unspecified atom stereocenters. The highest BCUT2D eigenvalue weighted by Gasteiger charge is 2.20. The van der Waals surface area contributed by atoms with E-state index < -0.39 is 0 Å². The first-order chi connectivity index (χ1) is 9.93. The van der Waals surface area contributed by atoms with Crippen molar-refractivity contribution in [3.8, 4) is 0 Å². The van der Waals surface area contributed by atoms with Crippen molar-refractivity contribution >= 4 is 21.7 Å². The average molecular weight is 263 g/mol. The van der Waals surface area contributed by atoms with E-state index in [2.05, 4.69) is 48.5 Å². The molecule has 1 fully saturated rings. The maximum absolute atomic E-state index is 5.49. The minimum atomic E-state index is 0.526. The highest BCUT2D eigenvalue weighted by Crippen LogP contribution is 2.34. The fraction of sp³-hybridized carbons (Fsp3) is 0.278. The third-order valence-corrected chi connectivity index (χ3v) is 4.25. The molecular weight excluding hydrogens is 246 g/mol. The Hall–Kier alpha value is -1.93. The molecule has 20 heavy (non-hydrogen) atoms. The Bertz CT molecular complexity index is 760. The van der Waals surface area contributed by atoms with Gasteiger partial charge in [-0.25, -0.2) is 0 Å². The van der Waals surface area contributed by atoms with E-state index in [-0.39, 0.29) is 0 Å². The lowest BCUT2D eigenvalue weighted by atomic mass is 9.91. The molecule has 1 aliphatic heterocycles. The summed E-state index contributed by atoms with van der Waals surface area (Å²) in [4.78, 5) is 4.97. The van der Waals surface area contributed by atoms with Gasteiger partial charge in [0.1, 0.15) is 0 Å². The zero-order chi connectivity index (χ0) is 13.4. The number of nitrogens with zero attached hydrogens (tertiary/aromatic N) is 1. The molecule has 0 amide bonds. The normalized spacial score (nSPS) is 16.8. The van der Waals surface area contributed by atoms with Gasteiger partial charge in [-0.2, -0.15) is 0 Å². The lowest BCUT2D eigenvalue weighted by Gasteiger charge is -2.23. The fourth-order valence-electron chi connectivity index (χ4n) is 3.21. The van der Waals surface area contributed by atoms with Crippen molar-refractivity contribution in [2.45, 2.75) is 18.8 Å². The van der Waals surface area contributed by atoms with Gasteiger partial charge >= 0.3 is 0 Å². The molecule has 100 valence electrons. The van der Waals surface area contributed by atoms with E-state index in [0.29, 0.717) is 5.92 Å². The van der Waals surface area contributed by atoms with Crippen LogP contribution in [0.1, 0.15) is 24.5 Å². The van der Waals surface area contributed by atoms with Gasteiger partial charge in [0, 0.05) is 29.9 Å². The summed E-state index contributed by atoms with van der Waals surface area (Å²) in [7, 11) is 0. The van der Waals surface area contributed by atoms with E-state index in [1.165, 1.54) is 21.9 Å². The average Bonchev–Trinajstić information content (AvgIpc) is 2.55. The molecule has 0 N–H and O–H groups in total. The van der Waals surface area contributed by atoms with Crippen LogP contribution in [-0.2, 0) is 4.74 Å².